The summed E-state index contributed by atoms with van der Waals surface area (Å²) < 4.78 is 26.9. The molecule has 0 atom stereocenters. The zero-order chi connectivity index (χ0) is 26.7. The lowest BCUT2D eigenvalue weighted by molar-refractivity contribution is -0.131. The number of hydrogen-bond acceptors (Lipinski definition) is 3. The molecule has 7 heteroatoms. The molecule has 0 unspecified atom stereocenters. The number of carbonyl (C=O) groups excluding carboxylic acids is 2. The highest BCUT2D eigenvalue weighted by Gasteiger charge is 2.21. The van der Waals surface area contributed by atoms with Crippen LogP contribution in [0.25, 0.3) is 0 Å². The van der Waals surface area contributed by atoms with Gasteiger partial charge in [0.25, 0.3) is 5.91 Å². The van der Waals surface area contributed by atoms with E-state index in [4.69, 9.17) is 0 Å². The molecule has 1 N–H and O–H groups in total. The Balaban J connectivity index is 1.16. The molecular weight excluding hydrogens is 484 g/mol. The van der Waals surface area contributed by atoms with E-state index in [1.807, 2.05) is 35.2 Å². The Labute approximate surface area is 223 Å². The number of piperazine rings is 1. The third kappa shape index (κ3) is 7.96. The van der Waals surface area contributed by atoms with Crippen LogP contribution in [-0.4, -0.2) is 60.9 Å². The highest BCUT2D eigenvalue weighted by atomic mass is 19.1. The largest absolute Gasteiger partial charge is 0.343 e. The smallest absolute Gasteiger partial charge is 0.251 e. The van der Waals surface area contributed by atoms with Crippen LogP contribution < -0.4 is 5.32 Å². The van der Waals surface area contributed by atoms with Gasteiger partial charge in [0.1, 0.15) is 11.6 Å². The van der Waals surface area contributed by atoms with E-state index in [1.54, 1.807) is 24.3 Å². The molecule has 1 aliphatic heterocycles. The molecule has 1 fully saturated rings. The molecule has 0 spiro atoms. The molecule has 0 aromatic heterocycles. The maximum atomic E-state index is 13.4. The Morgan fingerprint density at radius 3 is 1.89 bits per heavy atom. The van der Waals surface area contributed by atoms with Gasteiger partial charge in [-0.05, 0) is 66.9 Å². The van der Waals surface area contributed by atoms with E-state index in [0.717, 1.165) is 56.4 Å². The summed E-state index contributed by atoms with van der Waals surface area (Å²) in [5.41, 5.74) is 2.63. The lowest BCUT2D eigenvalue weighted by atomic mass is 9.87. The van der Waals surface area contributed by atoms with Crippen molar-refractivity contribution in [2.24, 2.45) is 0 Å². The molecule has 4 rings (SSSR count). The normalized spacial score (nSPS) is 14.0. The van der Waals surface area contributed by atoms with Crippen LogP contribution in [-0.2, 0) is 4.79 Å². The standard InChI is InChI=1S/C31H35F2N3O2/c32-27-14-10-24(11-15-27)29(25-12-16-28(33)17-13-25)9-5-2-6-18-35-19-21-36(22-20-35)30(37)23-34-31(38)26-7-3-1-4-8-26/h1,3-4,7-8,10-17,29H,2,5-6,9,18-23H2,(H,34,38). The predicted octanol–water partition coefficient (Wildman–Crippen LogP) is 5.23. The molecule has 0 bridgehead atoms. The van der Waals surface area contributed by atoms with E-state index in [-0.39, 0.29) is 35.9 Å². The monoisotopic (exact) mass is 519 g/mol. The van der Waals surface area contributed by atoms with Crippen molar-refractivity contribution < 1.29 is 18.4 Å². The van der Waals surface area contributed by atoms with Gasteiger partial charge in [0.05, 0.1) is 6.54 Å². The number of rotatable bonds is 11. The summed E-state index contributed by atoms with van der Waals surface area (Å²) >= 11 is 0. The van der Waals surface area contributed by atoms with Gasteiger partial charge >= 0.3 is 0 Å². The summed E-state index contributed by atoms with van der Waals surface area (Å²) in [6, 6.07) is 22.1. The van der Waals surface area contributed by atoms with Gasteiger partial charge in [0.15, 0.2) is 0 Å². The van der Waals surface area contributed by atoms with E-state index in [0.29, 0.717) is 18.7 Å². The topological polar surface area (TPSA) is 52.7 Å². The molecular formula is C31H35F2N3O2. The molecule has 0 aliphatic carbocycles. The van der Waals surface area contributed by atoms with Crippen LogP contribution in [0.2, 0.25) is 0 Å². The van der Waals surface area contributed by atoms with Crippen LogP contribution in [0.3, 0.4) is 0 Å². The molecule has 0 saturated carbocycles. The van der Waals surface area contributed by atoms with Crippen molar-refractivity contribution in [3.63, 3.8) is 0 Å². The molecule has 1 aliphatic rings. The average Bonchev–Trinajstić information content (AvgIpc) is 2.95. The lowest BCUT2D eigenvalue weighted by Gasteiger charge is -2.34. The Morgan fingerprint density at radius 2 is 1.32 bits per heavy atom. The summed E-state index contributed by atoms with van der Waals surface area (Å²) in [5.74, 6) is -0.705. The van der Waals surface area contributed by atoms with Gasteiger partial charge in [0.2, 0.25) is 5.91 Å². The molecule has 0 radical (unpaired) electrons. The molecule has 1 heterocycles. The van der Waals surface area contributed by atoms with E-state index in [2.05, 4.69) is 10.2 Å². The quantitative estimate of drug-likeness (QED) is 0.353. The summed E-state index contributed by atoms with van der Waals surface area (Å²) in [6.45, 7) is 3.97. The maximum absolute atomic E-state index is 13.4. The minimum Gasteiger partial charge on any atom is -0.343 e. The average molecular weight is 520 g/mol. The first-order valence-electron chi connectivity index (χ1n) is 13.3. The molecule has 3 aromatic rings. The van der Waals surface area contributed by atoms with Crippen molar-refractivity contribution in [3.8, 4) is 0 Å². The van der Waals surface area contributed by atoms with Crippen LogP contribution in [0.5, 0.6) is 0 Å². The molecule has 5 nitrogen and oxygen atoms in total. The number of nitrogens with zero attached hydrogens (tertiary/aromatic N) is 2. The van der Waals surface area contributed by atoms with Gasteiger partial charge in [-0.3, -0.25) is 14.5 Å². The molecule has 3 aromatic carbocycles. The van der Waals surface area contributed by atoms with E-state index < -0.39 is 0 Å². The summed E-state index contributed by atoms with van der Waals surface area (Å²) in [7, 11) is 0. The SMILES string of the molecule is O=C(NCC(=O)N1CCN(CCCCCC(c2ccc(F)cc2)c2ccc(F)cc2)CC1)c1ccccc1. The van der Waals surface area contributed by atoms with Crippen molar-refractivity contribution >= 4 is 11.8 Å². The Hall–Kier alpha value is -3.58. The highest BCUT2D eigenvalue weighted by Crippen LogP contribution is 2.30. The van der Waals surface area contributed by atoms with Crippen molar-refractivity contribution in [2.45, 2.75) is 31.6 Å². The summed E-state index contributed by atoms with van der Waals surface area (Å²) in [5, 5.41) is 2.71. The third-order valence-corrected chi connectivity index (χ3v) is 7.17. The number of halogens is 2. The number of benzene rings is 3. The van der Waals surface area contributed by atoms with Crippen LogP contribution >= 0.6 is 0 Å². The number of amides is 2. The molecule has 1 saturated heterocycles. The van der Waals surface area contributed by atoms with Crippen molar-refractivity contribution in [3.05, 3.63) is 107 Å². The summed E-state index contributed by atoms with van der Waals surface area (Å²) in [6.07, 6.45) is 4.04. The first kappa shape index (κ1) is 27.5. The number of nitrogens with one attached hydrogen (secondary N) is 1. The fourth-order valence-electron chi connectivity index (χ4n) is 4.96. The van der Waals surface area contributed by atoms with E-state index in [9.17, 15) is 18.4 Å². The van der Waals surface area contributed by atoms with Crippen molar-refractivity contribution in [2.75, 3.05) is 39.3 Å². The zero-order valence-electron chi connectivity index (χ0n) is 21.6. The second-order valence-corrected chi connectivity index (χ2v) is 9.78. The van der Waals surface area contributed by atoms with Gasteiger partial charge in [-0.2, -0.15) is 0 Å². The second-order valence-electron chi connectivity index (χ2n) is 9.78. The van der Waals surface area contributed by atoms with E-state index >= 15 is 0 Å². The van der Waals surface area contributed by atoms with Gasteiger partial charge in [0, 0.05) is 37.7 Å². The van der Waals surface area contributed by atoms with Crippen LogP contribution in [0, 0.1) is 11.6 Å². The molecule has 2 amide bonds. The lowest BCUT2D eigenvalue weighted by Crippen LogP contribution is -2.51. The van der Waals surface area contributed by atoms with Gasteiger partial charge in [-0.15, -0.1) is 0 Å². The zero-order valence-corrected chi connectivity index (χ0v) is 21.6. The Kier molecular flexibility index (Phi) is 9.98. The number of hydrogen-bond donors (Lipinski definition) is 1. The molecule has 200 valence electrons. The Bertz CT molecular complexity index is 1120. The second kappa shape index (κ2) is 13.8. The van der Waals surface area contributed by atoms with Gasteiger partial charge in [-0.1, -0.05) is 55.3 Å². The number of carbonyl (C=O) groups is 2. The fraction of sp³-hybridized carbons (Fsp3) is 0.355. The Morgan fingerprint density at radius 1 is 0.737 bits per heavy atom. The minimum atomic E-state index is -0.259. The first-order valence-corrected chi connectivity index (χ1v) is 13.3. The molecule has 38 heavy (non-hydrogen) atoms. The van der Waals surface area contributed by atoms with Crippen LogP contribution in [0.15, 0.2) is 78.9 Å². The van der Waals surface area contributed by atoms with Crippen LogP contribution in [0.4, 0.5) is 8.78 Å². The third-order valence-electron chi connectivity index (χ3n) is 7.17. The maximum Gasteiger partial charge on any atom is 0.251 e. The van der Waals surface area contributed by atoms with Crippen LogP contribution in [0.1, 0.15) is 53.1 Å². The first-order chi connectivity index (χ1) is 18.5. The highest BCUT2D eigenvalue weighted by molar-refractivity contribution is 5.96. The predicted molar refractivity (Wildman–Crippen MR) is 145 cm³/mol. The minimum absolute atomic E-state index is 0.0109. The number of unbranched alkanes of at least 4 members (excludes halogenated alkanes) is 2. The summed E-state index contributed by atoms with van der Waals surface area (Å²) in [4.78, 5) is 28.9. The van der Waals surface area contributed by atoms with Gasteiger partial charge < -0.3 is 10.2 Å². The van der Waals surface area contributed by atoms with E-state index in [1.165, 1.54) is 24.3 Å². The van der Waals surface area contributed by atoms with Crippen molar-refractivity contribution in [1.29, 1.82) is 0 Å². The van der Waals surface area contributed by atoms with Crippen molar-refractivity contribution in [1.82, 2.24) is 15.1 Å². The van der Waals surface area contributed by atoms with Gasteiger partial charge in [-0.25, -0.2) is 8.78 Å². The fourth-order valence-corrected chi connectivity index (χ4v) is 4.96.